The fourth-order valence-electron chi connectivity index (χ4n) is 4.19. The van der Waals surface area contributed by atoms with Gasteiger partial charge in [0.15, 0.2) is 0 Å². The highest BCUT2D eigenvalue weighted by molar-refractivity contribution is 6.46. The summed E-state index contributed by atoms with van der Waals surface area (Å²) in [5.41, 5.74) is 2.72. The minimum Gasteiger partial charge on any atom is -0.507 e. The zero-order chi connectivity index (χ0) is 24.9. The smallest absolute Gasteiger partial charge is 0.295 e. The number of carbonyl (C=O) groups is 2. The number of aliphatic hydroxyl groups excluding tert-OH is 1. The largest absolute Gasteiger partial charge is 0.507 e. The highest BCUT2D eigenvalue weighted by Crippen LogP contribution is 2.41. The maximum Gasteiger partial charge on any atom is 0.295 e. The van der Waals surface area contributed by atoms with Crippen LogP contribution < -0.4 is 4.74 Å². The number of amides is 1. The van der Waals surface area contributed by atoms with Crippen molar-refractivity contribution in [3.63, 3.8) is 0 Å². The molecular weight excluding hydrogens is 464 g/mol. The number of halogens is 1. The number of hydrogen-bond acceptors (Lipinski definition) is 5. The number of unbranched alkanes of at least 4 members (excludes halogenated alkanes) is 1. The Hall–Kier alpha value is -3.64. The van der Waals surface area contributed by atoms with Gasteiger partial charge in [-0.15, -0.1) is 0 Å². The molecule has 6 nitrogen and oxygen atoms in total. The van der Waals surface area contributed by atoms with Crippen molar-refractivity contribution in [2.24, 2.45) is 0 Å². The van der Waals surface area contributed by atoms with E-state index in [-0.39, 0.29) is 17.9 Å². The summed E-state index contributed by atoms with van der Waals surface area (Å²) in [5, 5.41) is 11.9. The summed E-state index contributed by atoms with van der Waals surface area (Å²) < 4.78 is 5.77. The minimum atomic E-state index is -0.771. The summed E-state index contributed by atoms with van der Waals surface area (Å²) in [6.45, 7) is 4.71. The number of Topliss-reactive ketones (excluding diaryl/α,β-unsaturated/α-hetero) is 1. The van der Waals surface area contributed by atoms with Crippen LogP contribution in [0.25, 0.3) is 5.76 Å². The van der Waals surface area contributed by atoms with Crippen LogP contribution in [0.2, 0.25) is 5.02 Å². The number of ketones is 1. The zero-order valence-corrected chi connectivity index (χ0v) is 20.5. The molecule has 0 saturated carbocycles. The third-order valence-corrected chi connectivity index (χ3v) is 6.27. The van der Waals surface area contributed by atoms with E-state index < -0.39 is 17.7 Å². The Balaban J connectivity index is 1.78. The Labute approximate surface area is 209 Å². The van der Waals surface area contributed by atoms with E-state index in [0.29, 0.717) is 28.5 Å². The number of aryl methyl sites for hydroxylation is 1. The summed E-state index contributed by atoms with van der Waals surface area (Å²) in [6, 6.07) is 15.1. The monoisotopic (exact) mass is 490 g/mol. The van der Waals surface area contributed by atoms with Gasteiger partial charge in [-0.05, 0) is 66.4 Å². The quantitative estimate of drug-likeness (QED) is 0.185. The number of carbonyl (C=O) groups excluding carboxylic acids is 2. The first-order valence-electron chi connectivity index (χ1n) is 11.6. The van der Waals surface area contributed by atoms with E-state index in [2.05, 4.69) is 11.9 Å². The Morgan fingerprint density at radius 1 is 1.14 bits per heavy atom. The van der Waals surface area contributed by atoms with Crippen molar-refractivity contribution in [3.05, 3.63) is 99.8 Å². The zero-order valence-electron chi connectivity index (χ0n) is 19.7. The summed E-state index contributed by atoms with van der Waals surface area (Å²) in [5.74, 6) is -0.921. The second-order valence-corrected chi connectivity index (χ2v) is 8.95. The van der Waals surface area contributed by atoms with E-state index in [4.69, 9.17) is 16.3 Å². The van der Waals surface area contributed by atoms with Gasteiger partial charge in [0, 0.05) is 29.5 Å². The molecule has 1 aromatic heterocycles. The molecule has 1 saturated heterocycles. The van der Waals surface area contributed by atoms with Crippen molar-refractivity contribution < 1.29 is 19.4 Å². The number of aromatic nitrogens is 1. The number of ether oxygens (including phenoxy) is 1. The lowest BCUT2D eigenvalue weighted by Crippen LogP contribution is -2.29. The third kappa shape index (κ3) is 5.23. The van der Waals surface area contributed by atoms with Crippen molar-refractivity contribution in [3.8, 4) is 5.75 Å². The second kappa shape index (κ2) is 10.7. The van der Waals surface area contributed by atoms with Crippen LogP contribution in [0.15, 0.2) is 72.6 Å². The molecule has 7 heteroatoms. The Kier molecular flexibility index (Phi) is 7.51. The van der Waals surface area contributed by atoms with E-state index in [0.717, 1.165) is 24.0 Å². The molecule has 0 radical (unpaired) electrons. The third-order valence-electron chi connectivity index (χ3n) is 6.02. The average molecular weight is 491 g/mol. The summed E-state index contributed by atoms with van der Waals surface area (Å²) >= 11 is 6.09. The number of likely N-dealkylation sites (tertiary alicyclic amines) is 1. The lowest BCUT2D eigenvalue weighted by atomic mass is 9.94. The van der Waals surface area contributed by atoms with Gasteiger partial charge in [-0.3, -0.25) is 14.6 Å². The first-order valence-corrected chi connectivity index (χ1v) is 11.9. The fourth-order valence-corrected chi connectivity index (χ4v) is 4.32. The van der Waals surface area contributed by atoms with Crippen LogP contribution in [-0.2, 0) is 16.1 Å². The first kappa shape index (κ1) is 24.5. The molecule has 1 N–H and O–H groups in total. The molecule has 3 aromatic rings. The summed E-state index contributed by atoms with van der Waals surface area (Å²) in [7, 11) is 0. The predicted molar refractivity (Wildman–Crippen MR) is 135 cm³/mol. The van der Waals surface area contributed by atoms with Gasteiger partial charge in [0.2, 0.25) is 0 Å². The Morgan fingerprint density at radius 3 is 2.57 bits per heavy atom. The number of pyridine rings is 1. The first-order chi connectivity index (χ1) is 16.9. The summed E-state index contributed by atoms with van der Waals surface area (Å²) in [4.78, 5) is 32.0. The molecule has 0 spiro atoms. The van der Waals surface area contributed by atoms with Crippen LogP contribution in [0.4, 0.5) is 0 Å². The van der Waals surface area contributed by atoms with E-state index in [9.17, 15) is 14.7 Å². The lowest BCUT2D eigenvalue weighted by molar-refractivity contribution is -0.140. The van der Waals surface area contributed by atoms with Gasteiger partial charge in [0.25, 0.3) is 11.7 Å². The standard InChI is InChI=1S/C28H27ClN2O4/c1-3-4-14-35-22-11-12-23(18(2)15-22)26(32)24-25(20-7-9-21(29)10-8-20)31(28(34)27(24)33)17-19-6-5-13-30-16-19/h5-13,15-16,25,32H,3-4,14,17H2,1-2H3/b26-24+. The molecule has 1 amide bonds. The number of benzene rings is 2. The van der Waals surface area contributed by atoms with Crippen LogP contribution in [0, 0.1) is 6.92 Å². The Morgan fingerprint density at radius 2 is 1.91 bits per heavy atom. The van der Waals surface area contributed by atoms with E-state index in [1.807, 2.05) is 19.1 Å². The van der Waals surface area contributed by atoms with Gasteiger partial charge in [-0.2, -0.15) is 0 Å². The van der Waals surface area contributed by atoms with Crippen LogP contribution in [0.3, 0.4) is 0 Å². The van der Waals surface area contributed by atoms with Crippen LogP contribution in [0.5, 0.6) is 5.75 Å². The fraction of sp³-hybridized carbons (Fsp3) is 0.250. The lowest BCUT2D eigenvalue weighted by Gasteiger charge is -2.25. The number of rotatable bonds is 8. The highest BCUT2D eigenvalue weighted by Gasteiger charge is 2.46. The molecule has 2 heterocycles. The topological polar surface area (TPSA) is 79.7 Å². The van der Waals surface area contributed by atoms with Gasteiger partial charge in [-0.1, -0.05) is 43.1 Å². The number of nitrogens with zero attached hydrogens (tertiary/aromatic N) is 2. The summed E-state index contributed by atoms with van der Waals surface area (Å²) in [6.07, 6.45) is 5.27. The second-order valence-electron chi connectivity index (χ2n) is 8.52. The predicted octanol–water partition coefficient (Wildman–Crippen LogP) is 5.84. The van der Waals surface area contributed by atoms with Crippen molar-refractivity contribution in [2.75, 3.05) is 6.61 Å². The van der Waals surface area contributed by atoms with Crippen LogP contribution >= 0.6 is 11.6 Å². The molecule has 0 bridgehead atoms. The van der Waals surface area contributed by atoms with E-state index in [1.54, 1.807) is 54.9 Å². The molecule has 1 unspecified atom stereocenters. The molecule has 180 valence electrons. The molecule has 1 aliphatic heterocycles. The van der Waals surface area contributed by atoms with Gasteiger partial charge >= 0.3 is 0 Å². The molecule has 4 rings (SSSR count). The van der Waals surface area contributed by atoms with Gasteiger partial charge in [-0.25, -0.2) is 0 Å². The minimum absolute atomic E-state index is 0.0453. The maximum atomic E-state index is 13.2. The van der Waals surface area contributed by atoms with Crippen molar-refractivity contribution in [2.45, 2.75) is 39.3 Å². The van der Waals surface area contributed by atoms with Crippen LogP contribution in [0.1, 0.15) is 48.1 Å². The van der Waals surface area contributed by atoms with Gasteiger partial charge in [0.1, 0.15) is 11.5 Å². The number of aliphatic hydroxyl groups is 1. The molecular formula is C28H27ClN2O4. The highest BCUT2D eigenvalue weighted by atomic mass is 35.5. The van der Waals surface area contributed by atoms with E-state index >= 15 is 0 Å². The molecule has 35 heavy (non-hydrogen) atoms. The number of hydrogen-bond donors (Lipinski definition) is 1. The van der Waals surface area contributed by atoms with Crippen molar-refractivity contribution in [1.29, 1.82) is 0 Å². The van der Waals surface area contributed by atoms with E-state index in [1.165, 1.54) is 4.90 Å². The van der Waals surface area contributed by atoms with Gasteiger partial charge in [0.05, 0.1) is 18.2 Å². The molecule has 1 atom stereocenters. The maximum absolute atomic E-state index is 13.2. The van der Waals surface area contributed by atoms with Crippen LogP contribution in [-0.4, -0.2) is 33.3 Å². The molecule has 0 aliphatic carbocycles. The SMILES string of the molecule is CCCCOc1ccc(/C(O)=C2\C(=O)C(=O)N(Cc3cccnc3)C2c2ccc(Cl)cc2)c(C)c1. The molecule has 1 fully saturated rings. The molecule has 2 aromatic carbocycles. The van der Waals surface area contributed by atoms with Crippen molar-refractivity contribution in [1.82, 2.24) is 9.88 Å². The normalized spacial score (nSPS) is 17.1. The molecule has 1 aliphatic rings. The average Bonchev–Trinajstić information content (AvgIpc) is 3.10. The Bertz CT molecular complexity index is 1260. The van der Waals surface area contributed by atoms with Crippen molar-refractivity contribution >= 4 is 29.1 Å². The van der Waals surface area contributed by atoms with Gasteiger partial charge < -0.3 is 14.7 Å².